The summed E-state index contributed by atoms with van der Waals surface area (Å²) in [7, 11) is 1.34. The minimum Gasteiger partial charge on any atom is -0.466 e. The van der Waals surface area contributed by atoms with Crippen molar-refractivity contribution in [2.75, 3.05) is 33.3 Å². The van der Waals surface area contributed by atoms with Crippen LogP contribution in [-0.4, -0.2) is 65.9 Å². The number of alkyl halides is 6. The number of urea groups is 1. The van der Waals surface area contributed by atoms with Gasteiger partial charge in [-0.2, -0.15) is 26.3 Å². The fourth-order valence-corrected chi connectivity index (χ4v) is 6.82. The Labute approximate surface area is 282 Å². The second kappa shape index (κ2) is 15.2. The summed E-state index contributed by atoms with van der Waals surface area (Å²) in [5, 5.41) is 0. The molecule has 0 bridgehead atoms. The van der Waals surface area contributed by atoms with Gasteiger partial charge in [-0.05, 0) is 92.8 Å². The Morgan fingerprint density at radius 2 is 1.59 bits per heavy atom. The second-order valence-corrected chi connectivity index (χ2v) is 12.9. The first-order chi connectivity index (χ1) is 22.9. The largest absolute Gasteiger partial charge is 0.466 e. The van der Waals surface area contributed by atoms with Gasteiger partial charge in [-0.25, -0.2) is 4.79 Å². The third-order valence-corrected chi connectivity index (χ3v) is 9.76. The van der Waals surface area contributed by atoms with E-state index in [1.165, 1.54) is 18.9 Å². The zero-order valence-electron chi connectivity index (χ0n) is 28.2. The van der Waals surface area contributed by atoms with E-state index in [2.05, 4.69) is 6.58 Å². The Bertz CT molecular complexity index is 1500. The number of ether oxygens (including phenoxy) is 1. The Hall–Kier alpha value is -4.03. The number of aryl methyl sites for hydroxylation is 1. The molecule has 1 aliphatic heterocycles. The van der Waals surface area contributed by atoms with Gasteiger partial charge in [0.2, 0.25) is 5.91 Å². The molecule has 0 radical (unpaired) electrons. The molecular formula is C36H43F6N3O4. The van der Waals surface area contributed by atoms with Crippen LogP contribution in [-0.2, 0) is 26.7 Å². The Balaban J connectivity index is 1.58. The molecule has 3 amide bonds. The van der Waals surface area contributed by atoms with Crippen LogP contribution in [0.2, 0.25) is 0 Å². The molecular weight excluding hydrogens is 652 g/mol. The summed E-state index contributed by atoms with van der Waals surface area (Å²) >= 11 is 0. The Morgan fingerprint density at radius 3 is 2.12 bits per heavy atom. The molecule has 268 valence electrons. The molecule has 1 saturated heterocycles. The monoisotopic (exact) mass is 695 g/mol. The lowest BCUT2D eigenvalue weighted by Gasteiger charge is -2.45. The zero-order valence-corrected chi connectivity index (χ0v) is 28.2. The van der Waals surface area contributed by atoms with Gasteiger partial charge in [0.15, 0.2) is 0 Å². The van der Waals surface area contributed by atoms with Gasteiger partial charge in [-0.15, -0.1) is 0 Å². The van der Waals surface area contributed by atoms with Gasteiger partial charge in [-0.1, -0.05) is 30.9 Å². The number of benzene rings is 2. The van der Waals surface area contributed by atoms with Crippen molar-refractivity contribution in [1.29, 1.82) is 0 Å². The topological polar surface area (TPSA) is 70.2 Å². The normalized spacial score (nSPS) is 20.8. The van der Waals surface area contributed by atoms with Gasteiger partial charge in [-0.3, -0.25) is 9.59 Å². The van der Waals surface area contributed by atoms with Crippen LogP contribution in [0.5, 0.6) is 0 Å². The average Bonchev–Trinajstić information content (AvgIpc) is 3.06. The summed E-state index contributed by atoms with van der Waals surface area (Å²) in [5.74, 6) is -0.376. The molecule has 2 aromatic rings. The van der Waals surface area contributed by atoms with Crippen LogP contribution >= 0.6 is 0 Å². The summed E-state index contributed by atoms with van der Waals surface area (Å²) in [6, 6.07) is 4.53. The lowest BCUT2D eigenvalue weighted by molar-refractivity contribution is -0.145. The van der Waals surface area contributed by atoms with Crippen LogP contribution in [0.1, 0.15) is 91.4 Å². The minimum absolute atomic E-state index is 0.0441. The predicted octanol–water partition coefficient (Wildman–Crippen LogP) is 8.43. The maximum Gasteiger partial charge on any atom is 0.416 e. The van der Waals surface area contributed by atoms with Crippen LogP contribution in [0, 0.1) is 18.8 Å². The van der Waals surface area contributed by atoms with Crippen molar-refractivity contribution in [3.8, 4) is 0 Å². The third-order valence-electron chi connectivity index (χ3n) is 9.76. The van der Waals surface area contributed by atoms with Crippen LogP contribution in [0.4, 0.5) is 31.1 Å². The van der Waals surface area contributed by atoms with E-state index in [-0.39, 0.29) is 55.0 Å². The standard InChI is InChI=1S/C36H43F6N3O4/c1-6-24-10-13-30(22(3)16-24)31-21-44(33(47)26-11-8-25(9-12-26)17-32(46)49-7-2)14-15-45(31)34(48)43(5)23(4)27-18-28(35(37,38)39)20-29(19-27)36(40,41)42/h6,10,13,16,18-20,23,25-26,31H,1,7-9,11-12,14-15,17,21H2,2-5H3/t23-,25-,26-,31-/m1/s1. The molecule has 2 aliphatic rings. The number of nitrogens with zero attached hydrogens (tertiary/aromatic N) is 3. The van der Waals surface area contributed by atoms with E-state index in [9.17, 15) is 40.7 Å². The number of amides is 3. The first-order valence-corrected chi connectivity index (χ1v) is 16.4. The van der Waals surface area contributed by atoms with Crippen molar-refractivity contribution in [2.24, 2.45) is 11.8 Å². The summed E-state index contributed by atoms with van der Waals surface area (Å²) in [5.41, 5.74) is -0.788. The van der Waals surface area contributed by atoms with Crippen LogP contribution in [0.3, 0.4) is 0 Å². The zero-order chi connectivity index (χ0) is 36.3. The highest BCUT2D eigenvalue weighted by Gasteiger charge is 2.41. The fraction of sp³-hybridized carbons (Fsp3) is 0.528. The number of rotatable bonds is 8. The number of hydrogen-bond acceptors (Lipinski definition) is 4. The number of carbonyl (C=O) groups is 3. The maximum absolute atomic E-state index is 14.1. The van der Waals surface area contributed by atoms with Crippen molar-refractivity contribution in [1.82, 2.24) is 14.7 Å². The van der Waals surface area contributed by atoms with Gasteiger partial charge >= 0.3 is 24.4 Å². The number of halogens is 6. The molecule has 0 spiro atoms. The maximum atomic E-state index is 14.1. The van der Waals surface area contributed by atoms with E-state index in [0.717, 1.165) is 21.6 Å². The lowest BCUT2D eigenvalue weighted by atomic mass is 9.79. The molecule has 4 rings (SSSR count). The molecule has 2 aromatic carbocycles. The quantitative estimate of drug-likeness (QED) is 0.205. The van der Waals surface area contributed by atoms with Gasteiger partial charge in [0, 0.05) is 39.0 Å². The smallest absolute Gasteiger partial charge is 0.416 e. The summed E-state index contributed by atoms with van der Waals surface area (Å²) in [4.78, 5) is 44.2. The molecule has 2 fully saturated rings. The molecule has 1 saturated carbocycles. The number of esters is 1. The summed E-state index contributed by atoms with van der Waals surface area (Å²) in [6.45, 7) is 9.58. The first-order valence-electron chi connectivity index (χ1n) is 16.4. The van der Waals surface area contributed by atoms with E-state index >= 15 is 0 Å². The highest BCUT2D eigenvalue weighted by molar-refractivity contribution is 5.80. The lowest BCUT2D eigenvalue weighted by Crippen LogP contribution is -2.56. The van der Waals surface area contributed by atoms with Gasteiger partial charge < -0.3 is 19.4 Å². The van der Waals surface area contributed by atoms with Crippen LogP contribution < -0.4 is 0 Å². The van der Waals surface area contributed by atoms with E-state index < -0.39 is 41.6 Å². The van der Waals surface area contributed by atoms with Crippen LogP contribution in [0.15, 0.2) is 43.0 Å². The highest BCUT2D eigenvalue weighted by Crippen LogP contribution is 2.39. The number of carbonyl (C=O) groups excluding carboxylic acids is 3. The van der Waals surface area contributed by atoms with Crippen LogP contribution in [0.25, 0.3) is 6.08 Å². The second-order valence-electron chi connectivity index (χ2n) is 12.9. The molecule has 49 heavy (non-hydrogen) atoms. The van der Waals surface area contributed by atoms with Crippen molar-refractivity contribution >= 4 is 24.0 Å². The molecule has 1 aliphatic carbocycles. The molecule has 1 heterocycles. The summed E-state index contributed by atoms with van der Waals surface area (Å²) < 4.78 is 86.7. The molecule has 0 N–H and O–H groups in total. The Morgan fingerprint density at radius 1 is 0.980 bits per heavy atom. The van der Waals surface area contributed by atoms with Crippen molar-refractivity contribution in [3.63, 3.8) is 0 Å². The molecule has 0 aromatic heterocycles. The Kier molecular flexibility index (Phi) is 11.8. The third kappa shape index (κ3) is 8.96. The van der Waals surface area contributed by atoms with Gasteiger partial charge in [0.05, 0.1) is 29.8 Å². The molecule has 7 nitrogen and oxygen atoms in total. The van der Waals surface area contributed by atoms with E-state index in [4.69, 9.17) is 4.74 Å². The van der Waals surface area contributed by atoms with Crippen molar-refractivity contribution in [3.05, 3.63) is 76.4 Å². The number of hydrogen-bond donors (Lipinski definition) is 0. The van der Waals surface area contributed by atoms with E-state index in [0.29, 0.717) is 50.8 Å². The molecule has 0 unspecified atom stereocenters. The molecule has 13 heteroatoms. The molecule has 2 atom stereocenters. The van der Waals surface area contributed by atoms with E-state index in [1.54, 1.807) is 17.9 Å². The summed E-state index contributed by atoms with van der Waals surface area (Å²) in [6.07, 6.45) is -5.38. The van der Waals surface area contributed by atoms with Crippen molar-refractivity contribution < 1.29 is 45.5 Å². The minimum atomic E-state index is -5.03. The van der Waals surface area contributed by atoms with Gasteiger partial charge in [0.25, 0.3) is 0 Å². The van der Waals surface area contributed by atoms with Gasteiger partial charge in [0.1, 0.15) is 0 Å². The average molecular weight is 696 g/mol. The predicted molar refractivity (Wildman–Crippen MR) is 172 cm³/mol. The van der Waals surface area contributed by atoms with Crippen molar-refractivity contribution in [2.45, 2.75) is 77.3 Å². The first kappa shape index (κ1) is 37.8. The number of piperazine rings is 1. The van der Waals surface area contributed by atoms with E-state index in [1.807, 2.05) is 25.1 Å². The highest BCUT2D eigenvalue weighted by atomic mass is 19.4. The SMILES string of the molecule is C=Cc1ccc([C@H]2CN(C(=O)[C@H]3CC[C@H](CC(=O)OCC)CC3)CCN2C(=O)N(C)[C@H](C)c2cc(C(F)(F)F)cc(C(F)(F)F)c2)c(C)c1. The fourth-order valence-electron chi connectivity index (χ4n) is 6.82.